The van der Waals surface area contributed by atoms with E-state index in [1.807, 2.05) is 36.4 Å². The van der Waals surface area contributed by atoms with Crippen molar-refractivity contribution >= 4 is 27.7 Å². The maximum absolute atomic E-state index is 11.4. The van der Waals surface area contributed by atoms with Crippen LogP contribution in [0.2, 0.25) is 0 Å². The second kappa shape index (κ2) is 9.94. The van der Waals surface area contributed by atoms with Gasteiger partial charge in [0.05, 0.1) is 0 Å². The molecule has 0 radical (unpaired) electrons. The number of anilines is 1. The molecule has 3 aromatic rings. The maximum atomic E-state index is 11.4. The molecular formula is C24H24BrN3O3. The lowest BCUT2D eigenvalue weighted by Crippen LogP contribution is -2.46. The lowest BCUT2D eigenvalue weighted by molar-refractivity contribution is 0.0697. The summed E-state index contributed by atoms with van der Waals surface area (Å²) in [6, 6.07) is 19.6. The smallest absolute Gasteiger partial charge is 0.339 e. The van der Waals surface area contributed by atoms with Crippen molar-refractivity contribution in [3.8, 4) is 5.75 Å². The summed E-state index contributed by atoms with van der Waals surface area (Å²) >= 11 is 3.44. The molecule has 1 fully saturated rings. The van der Waals surface area contributed by atoms with E-state index < -0.39 is 5.97 Å². The van der Waals surface area contributed by atoms with Crippen molar-refractivity contribution in [3.63, 3.8) is 0 Å². The maximum Gasteiger partial charge on any atom is 0.339 e. The van der Waals surface area contributed by atoms with Gasteiger partial charge in [0.15, 0.2) is 0 Å². The van der Waals surface area contributed by atoms with Crippen LogP contribution in [-0.2, 0) is 13.2 Å². The number of nitrogens with zero attached hydrogens (tertiary/aromatic N) is 3. The fourth-order valence-corrected chi connectivity index (χ4v) is 3.89. The second-order valence-corrected chi connectivity index (χ2v) is 8.42. The molecular weight excluding hydrogens is 458 g/mol. The highest BCUT2D eigenvalue weighted by Gasteiger charge is 2.22. The van der Waals surface area contributed by atoms with Gasteiger partial charge in [-0.3, -0.25) is 4.90 Å². The Labute approximate surface area is 190 Å². The monoisotopic (exact) mass is 481 g/mol. The van der Waals surface area contributed by atoms with E-state index in [0.29, 0.717) is 12.4 Å². The zero-order valence-electron chi connectivity index (χ0n) is 17.1. The van der Waals surface area contributed by atoms with Crippen molar-refractivity contribution in [2.24, 2.45) is 0 Å². The van der Waals surface area contributed by atoms with Crippen LogP contribution >= 0.6 is 15.9 Å². The number of rotatable bonds is 7. The number of carboxylic acid groups (broad SMARTS) is 1. The molecule has 0 spiro atoms. The number of carboxylic acids is 1. The topological polar surface area (TPSA) is 65.9 Å². The number of hydrogen-bond acceptors (Lipinski definition) is 5. The first-order valence-corrected chi connectivity index (χ1v) is 11.0. The van der Waals surface area contributed by atoms with Gasteiger partial charge in [-0.25, -0.2) is 9.78 Å². The van der Waals surface area contributed by atoms with E-state index >= 15 is 0 Å². The number of hydrogen-bond donors (Lipinski definition) is 1. The first-order chi connectivity index (χ1) is 15.1. The summed E-state index contributed by atoms with van der Waals surface area (Å²) in [7, 11) is 0. The predicted molar refractivity (Wildman–Crippen MR) is 124 cm³/mol. The third-order valence-electron chi connectivity index (χ3n) is 5.34. The Morgan fingerprint density at radius 3 is 2.32 bits per heavy atom. The van der Waals surface area contributed by atoms with Crippen LogP contribution in [0.25, 0.3) is 0 Å². The molecule has 6 nitrogen and oxygen atoms in total. The minimum absolute atomic E-state index is 0.259. The molecule has 1 N–H and O–H groups in total. The average Bonchev–Trinajstić information content (AvgIpc) is 2.80. The van der Waals surface area contributed by atoms with Gasteiger partial charge in [0.2, 0.25) is 0 Å². The van der Waals surface area contributed by atoms with Gasteiger partial charge in [0.25, 0.3) is 0 Å². The zero-order chi connectivity index (χ0) is 21.6. The molecule has 1 aliphatic rings. The second-order valence-electron chi connectivity index (χ2n) is 7.50. The standard InChI is InChI=1S/C24H24BrN3O3/c25-20-7-3-19(4-8-20)17-31-21-9-5-18(6-10-21)16-27-12-14-28(15-13-27)23-22(24(29)30)2-1-11-26-23/h1-11H,12-17H2,(H,29,30). The van der Waals surface area contributed by atoms with E-state index in [1.165, 1.54) is 5.56 Å². The van der Waals surface area contributed by atoms with Crippen LogP contribution < -0.4 is 9.64 Å². The van der Waals surface area contributed by atoms with Crippen LogP contribution in [0.1, 0.15) is 21.5 Å². The van der Waals surface area contributed by atoms with Crippen LogP contribution in [-0.4, -0.2) is 47.1 Å². The van der Waals surface area contributed by atoms with Crippen molar-refractivity contribution in [1.29, 1.82) is 0 Å². The van der Waals surface area contributed by atoms with Crippen molar-refractivity contribution in [2.45, 2.75) is 13.2 Å². The number of pyridine rings is 1. The highest BCUT2D eigenvalue weighted by molar-refractivity contribution is 9.10. The first-order valence-electron chi connectivity index (χ1n) is 10.2. The summed E-state index contributed by atoms with van der Waals surface area (Å²) < 4.78 is 6.94. The molecule has 0 atom stereocenters. The molecule has 7 heteroatoms. The highest BCUT2D eigenvalue weighted by atomic mass is 79.9. The molecule has 31 heavy (non-hydrogen) atoms. The summed E-state index contributed by atoms with van der Waals surface area (Å²) in [5.41, 5.74) is 2.62. The van der Waals surface area contributed by atoms with Crippen LogP contribution in [0, 0.1) is 0 Å². The zero-order valence-corrected chi connectivity index (χ0v) is 18.7. The molecule has 1 saturated heterocycles. The largest absolute Gasteiger partial charge is 0.489 e. The van der Waals surface area contributed by atoms with E-state index in [4.69, 9.17) is 4.74 Å². The Kier molecular flexibility index (Phi) is 6.84. The molecule has 0 saturated carbocycles. The number of carbonyl (C=O) groups is 1. The number of halogens is 1. The Morgan fingerprint density at radius 2 is 1.65 bits per heavy atom. The Balaban J connectivity index is 1.28. The van der Waals surface area contributed by atoms with Gasteiger partial charge >= 0.3 is 5.97 Å². The SMILES string of the molecule is O=C(O)c1cccnc1N1CCN(Cc2ccc(OCc3ccc(Br)cc3)cc2)CC1. The van der Waals surface area contributed by atoms with E-state index in [2.05, 4.69) is 42.8 Å². The third-order valence-corrected chi connectivity index (χ3v) is 5.87. The molecule has 1 aliphatic heterocycles. The average molecular weight is 482 g/mol. The van der Waals surface area contributed by atoms with Gasteiger partial charge in [-0.1, -0.05) is 40.2 Å². The number of benzene rings is 2. The van der Waals surface area contributed by atoms with Crippen molar-refractivity contribution < 1.29 is 14.6 Å². The van der Waals surface area contributed by atoms with Gasteiger partial charge in [-0.15, -0.1) is 0 Å². The quantitative estimate of drug-likeness (QED) is 0.537. The van der Waals surface area contributed by atoms with Crippen LogP contribution in [0.4, 0.5) is 5.82 Å². The summed E-state index contributed by atoms with van der Waals surface area (Å²) in [6.45, 7) is 4.63. The summed E-state index contributed by atoms with van der Waals surface area (Å²) in [6.07, 6.45) is 1.65. The van der Waals surface area contributed by atoms with E-state index in [1.54, 1.807) is 18.3 Å². The van der Waals surface area contributed by atoms with E-state index in [9.17, 15) is 9.90 Å². The summed E-state index contributed by atoms with van der Waals surface area (Å²) in [5, 5.41) is 9.39. The van der Waals surface area contributed by atoms with Crippen LogP contribution in [0.3, 0.4) is 0 Å². The minimum atomic E-state index is -0.937. The lowest BCUT2D eigenvalue weighted by Gasteiger charge is -2.35. The van der Waals surface area contributed by atoms with Crippen molar-refractivity contribution in [1.82, 2.24) is 9.88 Å². The first kappa shape index (κ1) is 21.3. The minimum Gasteiger partial charge on any atom is -0.489 e. The third kappa shape index (κ3) is 5.62. The fourth-order valence-electron chi connectivity index (χ4n) is 3.63. The molecule has 0 amide bonds. The molecule has 2 aromatic carbocycles. The number of aromatic nitrogens is 1. The number of aromatic carboxylic acids is 1. The number of ether oxygens (including phenoxy) is 1. The Hall–Kier alpha value is -2.90. The van der Waals surface area contributed by atoms with Gasteiger partial charge in [0, 0.05) is 43.4 Å². The van der Waals surface area contributed by atoms with E-state index in [-0.39, 0.29) is 5.56 Å². The lowest BCUT2D eigenvalue weighted by atomic mass is 10.1. The highest BCUT2D eigenvalue weighted by Crippen LogP contribution is 2.21. The van der Waals surface area contributed by atoms with Gasteiger partial charge < -0.3 is 14.7 Å². The Morgan fingerprint density at radius 1 is 0.968 bits per heavy atom. The molecule has 4 rings (SSSR count). The molecule has 2 heterocycles. The summed E-state index contributed by atoms with van der Waals surface area (Å²) in [5.74, 6) is 0.475. The molecule has 0 bridgehead atoms. The van der Waals surface area contributed by atoms with E-state index in [0.717, 1.165) is 48.5 Å². The predicted octanol–water partition coefficient (Wildman–Crippen LogP) is 4.44. The molecule has 0 unspecified atom stereocenters. The van der Waals surface area contributed by atoms with Gasteiger partial charge in [0.1, 0.15) is 23.7 Å². The van der Waals surface area contributed by atoms with Gasteiger partial charge in [-0.2, -0.15) is 0 Å². The summed E-state index contributed by atoms with van der Waals surface area (Å²) in [4.78, 5) is 20.2. The fraction of sp³-hybridized carbons (Fsp3) is 0.250. The van der Waals surface area contributed by atoms with Crippen molar-refractivity contribution in [3.05, 3.63) is 88.0 Å². The van der Waals surface area contributed by atoms with Crippen LogP contribution in [0.15, 0.2) is 71.3 Å². The number of piperazine rings is 1. The normalized spacial score (nSPS) is 14.4. The Bertz CT molecular complexity index is 1020. The van der Waals surface area contributed by atoms with Gasteiger partial charge in [-0.05, 0) is 47.5 Å². The molecule has 0 aliphatic carbocycles. The molecule has 1 aromatic heterocycles. The van der Waals surface area contributed by atoms with Crippen molar-refractivity contribution in [2.75, 3.05) is 31.1 Å². The molecule has 160 valence electrons. The van der Waals surface area contributed by atoms with Crippen LogP contribution in [0.5, 0.6) is 5.75 Å².